The van der Waals surface area contributed by atoms with E-state index in [1.54, 1.807) is 0 Å². The molecule has 0 saturated carbocycles. The number of fused-ring (bicyclic) bond motifs is 1. The van der Waals surface area contributed by atoms with Crippen molar-refractivity contribution in [3.8, 4) is 0 Å². The Balaban J connectivity index is 2.63. The Hall–Kier alpha value is -1.03. The average molecular weight is 283 g/mol. The molecule has 2 heterocycles. The van der Waals surface area contributed by atoms with Crippen molar-refractivity contribution in [2.75, 3.05) is 5.88 Å². The zero-order valence-corrected chi connectivity index (χ0v) is 13.0. The van der Waals surface area contributed by atoms with Gasteiger partial charge in [-0.1, -0.05) is 20.3 Å². The molecule has 0 aliphatic rings. The quantitative estimate of drug-likeness (QED) is 0.761. The summed E-state index contributed by atoms with van der Waals surface area (Å²) in [5.74, 6) is 1.70. The first-order chi connectivity index (χ1) is 9.13. The smallest absolute Gasteiger partial charge is 0.158 e. The number of halogens is 1. The first-order valence-corrected chi connectivity index (χ1v) is 7.66. The first-order valence-electron chi connectivity index (χ1n) is 7.12. The second-order valence-electron chi connectivity index (χ2n) is 5.09. The predicted molar refractivity (Wildman–Crippen MR) is 79.9 cm³/mol. The normalized spacial score (nSPS) is 13.3. The lowest BCUT2D eigenvalue weighted by Crippen LogP contribution is -2.12. The summed E-state index contributed by atoms with van der Waals surface area (Å²) in [6.45, 7) is 6.60. The molecule has 2 aromatic rings. The lowest BCUT2D eigenvalue weighted by molar-refractivity contribution is 0.512. The maximum Gasteiger partial charge on any atom is 0.158 e. The largest absolute Gasteiger partial charge is 0.310 e. The second kappa shape index (κ2) is 5.95. The van der Waals surface area contributed by atoms with Crippen molar-refractivity contribution in [1.29, 1.82) is 0 Å². The van der Waals surface area contributed by atoms with E-state index in [2.05, 4.69) is 30.4 Å². The lowest BCUT2D eigenvalue weighted by atomic mass is 10.2. The van der Waals surface area contributed by atoms with Gasteiger partial charge in [-0.3, -0.25) is 4.68 Å². The number of rotatable bonds is 6. The Morgan fingerprint density at radius 1 is 1.26 bits per heavy atom. The summed E-state index contributed by atoms with van der Waals surface area (Å²) in [7, 11) is 2.01. The molecule has 0 radical (unpaired) electrons. The zero-order chi connectivity index (χ0) is 14.0. The van der Waals surface area contributed by atoms with Gasteiger partial charge in [0.05, 0.1) is 5.69 Å². The Bertz CT molecular complexity index is 555. The number of aryl methyl sites for hydroxylation is 3. The molecular formula is C14H23ClN4. The number of aromatic nitrogens is 4. The van der Waals surface area contributed by atoms with Crippen LogP contribution in [0.3, 0.4) is 0 Å². The van der Waals surface area contributed by atoms with Crippen LogP contribution in [0.15, 0.2) is 0 Å². The molecule has 0 fully saturated rings. The van der Waals surface area contributed by atoms with Crippen LogP contribution in [0.4, 0.5) is 0 Å². The molecule has 19 heavy (non-hydrogen) atoms. The van der Waals surface area contributed by atoms with Gasteiger partial charge in [-0.2, -0.15) is 5.10 Å². The van der Waals surface area contributed by atoms with E-state index in [1.807, 2.05) is 11.7 Å². The molecule has 4 nitrogen and oxygen atoms in total. The minimum atomic E-state index is 0.424. The highest BCUT2D eigenvalue weighted by atomic mass is 35.5. The molecule has 1 atom stereocenters. The molecule has 5 heteroatoms. The van der Waals surface area contributed by atoms with E-state index in [0.29, 0.717) is 11.9 Å². The van der Waals surface area contributed by atoms with E-state index in [4.69, 9.17) is 16.6 Å². The summed E-state index contributed by atoms with van der Waals surface area (Å²) in [6, 6.07) is 0.424. The number of hydrogen-bond donors (Lipinski definition) is 0. The van der Waals surface area contributed by atoms with Gasteiger partial charge in [0.25, 0.3) is 0 Å². The molecule has 0 aliphatic carbocycles. The van der Waals surface area contributed by atoms with Crippen molar-refractivity contribution < 1.29 is 0 Å². The number of hydrogen-bond acceptors (Lipinski definition) is 2. The average Bonchev–Trinajstić information content (AvgIpc) is 2.89. The van der Waals surface area contributed by atoms with Crippen molar-refractivity contribution in [2.45, 2.75) is 52.5 Å². The molecule has 0 aromatic carbocycles. The minimum Gasteiger partial charge on any atom is -0.310 e. The summed E-state index contributed by atoms with van der Waals surface area (Å²) in [5, 5.41) is 4.62. The van der Waals surface area contributed by atoms with Gasteiger partial charge in [0.2, 0.25) is 0 Å². The molecular weight excluding hydrogens is 260 g/mol. The third-order valence-corrected chi connectivity index (χ3v) is 3.83. The third kappa shape index (κ3) is 2.50. The van der Waals surface area contributed by atoms with E-state index in [0.717, 1.165) is 48.4 Å². The fourth-order valence-corrected chi connectivity index (χ4v) is 2.73. The van der Waals surface area contributed by atoms with E-state index in [1.165, 1.54) is 0 Å². The zero-order valence-electron chi connectivity index (χ0n) is 12.3. The van der Waals surface area contributed by atoms with Crippen LogP contribution in [-0.4, -0.2) is 25.2 Å². The van der Waals surface area contributed by atoms with Crippen LogP contribution in [0.5, 0.6) is 0 Å². The number of imidazole rings is 1. The van der Waals surface area contributed by atoms with Crippen LogP contribution in [0.25, 0.3) is 11.2 Å². The number of nitrogens with zero attached hydrogens (tertiary/aromatic N) is 4. The van der Waals surface area contributed by atoms with Gasteiger partial charge in [0, 0.05) is 25.4 Å². The van der Waals surface area contributed by atoms with Crippen molar-refractivity contribution in [3.63, 3.8) is 0 Å². The highest BCUT2D eigenvalue weighted by Crippen LogP contribution is 2.26. The topological polar surface area (TPSA) is 35.6 Å². The standard InChI is InChI=1S/C14H23ClN4/c1-5-7-11-13-14(18(4)17-11)19(10(3)6-2)12(16-13)8-9-15/h10H,5-9H2,1-4H3. The molecule has 2 aromatic heterocycles. The van der Waals surface area contributed by atoms with Crippen LogP contribution < -0.4 is 0 Å². The van der Waals surface area contributed by atoms with E-state index >= 15 is 0 Å². The maximum atomic E-state index is 5.92. The Labute approximate surface area is 119 Å². The molecule has 1 unspecified atom stereocenters. The predicted octanol–water partition coefficient (Wildman–Crippen LogP) is 3.47. The molecule has 0 saturated heterocycles. The monoisotopic (exact) mass is 282 g/mol. The molecule has 0 spiro atoms. The Morgan fingerprint density at radius 2 is 2.00 bits per heavy atom. The van der Waals surface area contributed by atoms with Crippen LogP contribution in [0.1, 0.15) is 51.2 Å². The second-order valence-corrected chi connectivity index (χ2v) is 5.46. The fourth-order valence-electron chi connectivity index (χ4n) is 2.56. The minimum absolute atomic E-state index is 0.424. The molecule has 2 rings (SSSR count). The third-order valence-electron chi connectivity index (χ3n) is 3.65. The fraction of sp³-hybridized carbons (Fsp3) is 0.714. The van der Waals surface area contributed by atoms with E-state index < -0.39 is 0 Å². The summed E-state index contributed by atoms with van der Waals surface area (Å²) >= 11 is 5.92. The van der Waals surface area contributed by atoms with E-state index in [9.17, 15) is 0 Å². The summed E-state index contributed by atoms with van der Waals surface area (Å²) in [5.41, 5.74) is 3.31. The molecule has 0 bridgehead atoms. The van der Waals surface area contributed by atoms with Gasteiger partial charge in [-0.05, 0) is 19.8 Å². The highest BCUT2D eigenvalue weighted by molar-refractivity contribution is 6.17. The summed E-state index contributed by atoms with van der Waals surface area (Å²) in [4.78, 5) is 4.81. The van der Waals surface area contributed by atoms with Crippen molar-refractivity contribution in [1.82, 2.24) is 19.3 Å². The van der Waals surface area contributed by atoms with Crippen molar-refractivity contribution >= 4 is 22.8 Å². The molecule has 106 valence electrons. The first kappa shape index (κ1) is 14.4. The van der Waals surface area contributed by atoms with Gasteiger partial charge in [-0.25, -0.2) is 4.98 Å². The van der Waals surface area contributed by atoms with E-state index in [-0.39, 0.29) is 0 Å². The van der Waals surface area contributed by atoms with Gasteiger partial charge < -0.3 is 4.57 Å². The SMILES string of the molecule is CCCc1nn(C)c2c1nc(CCCl)n2C(C)CC. The molecule has 0 N–H and O–H groups in total. The van der Waals surface area contributed by atoms with Crippen molar-refractivity contribution in [2.24, 2.45) is 7.05 Å². The molecule has 0 aliphatic heterocycles. The van der Waals surface area contributed by atoms with Crippen LogP contribution in [-0.2, 0) is 19.9 Å². The Morgan fingerprint density at radius 3 is 2.58 bits per heavy atom. The highest BCUT2D eigenvalue weighted by Gasteiger charge is 2.20. The summed E-state index contributed by atoms with van der Waals surface area (Å²) < 4.78 is 4.28. The van der Waals surface area contributed by atoms with Crippen LogP contribution in [0.2, 0.25) is 0 Å². The van der Waals surface area contributed by atoms with Crippen LogP contribution in [0, 0.1) is 0 Å². The van der Waals surface area contributed by atoms with Gasteiger partial charge >= 0.3 is 0 Å². The summed E-state index contributed by atoms with van der Waals surface area (Å²) in [6.07, 6.45) is 3.96. The van der Waals surface area contributed by atoms with Crippen molar-refractivity contribution in [3.05, 3.63) is 11.5 Å². The van der Waals surface area contributed by atoms with Gasteiger partial charge in [0.1, 0.15) is 11.3 Å². The van der Waals surface area contributed by atoms with Crippen LogP contribution >= 0.6 is 11.6 Å². The van der Waals surface area contributed by atoms with Gasteiger partial charge in [-0.15, -0.1) is 11.6 Å². The number of alkyl halides is 1. The van der Waals surface area contributed by atoms with Gasteiger partial charge in [0.15, 0.2) is 5.65 Å². The maximum absolute atomic E-state index is 5.92. The molecule has 0 amide bonds. The Kier molecular flexibility index (Phi) is 4.50. The lowest BCUT2D eigenvalue weighted by Gasteiger charge is -2.15.